The van der Waals surface area contributed by atoms with Gasteiger partial charge in [0, 0.05) is 51.0 Å². The van der Waals surface area contributed by atoms with E-state index in [2.05, 4.69) is 10.3 Å². The van der Waals surface area contributed by atoms with E-state index in [0.29, 0.717) is 47.2 Å². The van der Waals surface area contributed by atoms with E-state index >= 15 is 0 Å². The first-order chi connectivity index (χ1) is 16.0. The van der Waals surface area contributed by atoms with Crippen LogP contribution in [0.25, 0.3) is 0 Å². The maximum Gasteiger partial charge on any atom is 0.256 e. The van der Waals surface area contributed by atoms with Crippen LogP contribution < -0.4 is 14.8 Å². The number of nitrogens with one attached hydrogen (secondary N) is 1. The highest BCUT2D eigenvalue weighted by atomic mass is 16.5. The van der Waals surface area contributed by atoms with Crippen LogP contribution in [0.15, 0.2) is 29.4 Å². The number of carbonyl (C=O) groups excluding carboxylic acids is 3. The fourth-order valence-electron chi connectivity index (χ4n) is 4.28. The Morgan fingerprint density at radius 3 is 2.91 bits per heavy atom. The molecule has 1 unspecified atom stereocenters. The summed E-state index contributed by atoms with van der Waals surface area (Å²) in [6.07, 6.45) is 7.79. The van der Waals surface area contributed by atoms with E-state index in [9.17, 15) is 14.4 Å². The number of hydrogen-bond acceptors (Lipinski definition) is 6. The fraction of sp³-hybridized carbons (Fsp3) is 0.417. The van der Waals surface area contributed by atoms with Crippen LogP contribution >= 0.6 is 0 Å². The molecule has 174 valence electrons. The van der Waals surface area contributed by atoms with Gasteiger partial charge in [0.15, 0.2) is 17.8 Å². The number of carbonyl (C=O) groups is 3. The molecular formula is C24H28N4O5. The number of rotatable bonds is 8. The Kier molecular flexibility index (Phi) is 6.76. The summed E-state index contributed by atoms with van der Waals surface area (Å²) in [5.74, 6) is 0.759. The van der Waals surface area contributed by atoms with Crippen molar-refractivity contribution in [2.24, 2.45) is 12.0 Å². The minimum Gasteiger partial charge on any atom is -0.493 e. The summed E-state index contributed by atoms with van der Waals surface area (Å²) in [5, 5.41) is 2.78. The highest BCUT2D eigenvalue weighted by Crippen LogP contribution is 2.38. The summed E-state index contributed by atoms with van der Waals surface area (Å²) in [6.45, 7) is 1.06. The quantitative estimate of drug-likeness (QED) is 0.489. The summed E-state index contributed by atoms with van der Waals surface area (Å²) >= 11 is 0. The Morgan fingerprint density at radius 2 is 2.15 bits per heavy atom. The minimum atomic E-state index is -0.165. The van der Waals surface area contributed by atoms with E-state index < -0.39 is 0 Å². The molecule has 1 saturated heterocycles. The van der Waals surface area contributed by atoms with Gasteiger partial charge in [-0.25, -0.2) is 0 Å². The van der Waals surface area contributed by atoms with Gasteiger partial charge in [-0.05, 0) is 31.4 Å². The number of aliphatic imine (C=N–C) groups is 1. The summed E-state index contributed by atoms with van der Waals surface area (Å²) in [5.41, 5.74) is 2.14. The maximum atomic E-state index is 13.1. The zero-order valence-electron chi connectivity index (χ0n) is 18.9. The standard InChI is InChI=1S/C24H28N4O5/c1-27-14-16(11-18(27)15-29)26-23(30)6-4-10-33-22-13-20-19(12-21(22)32-2)24(31)28-9-3-5-17(28)7-8-25-20/h8,11-15,17H,3-7,9-10H2,1-2H3,(H,26,30). The molecule has 0 radical (unpaired) electrons. The smallest absolute Gasteiger partial charge is 0.256 e. The van der Waals surface area contributed by atoms with Crippen LogP contribution in [0.1, 0.15) is 53.0 Å². The highest BCUT2D eigenvalue weighted by molar-refractivity contribution is 6.01. The van der Waals surface area contributed by atoms with Crippen LogP contribution in [0.2, 0.25) is 0 Å². The molecule has 1 aromatic carbocycles. The molecule has 2 aromatic rings. The van der Waals surface area contributed by atoms with Gasteiger partial charge < -0.3 is 24.3 Å². The first kappa shape index (κ1) is 22.6. The molecule has 2 amide bonds. The predicted octanol–water partition coefficient (Wildman–Crippen LogP) is 3.35. The molecule has 2 aliphatic rings. The van der Waals surface area contributed by atoms with E-state index in [0.717, 1.165) is 32.1 Å². The van der Waals surface area contributed by atoms with Crippen LogP contribution in [0.3, 0.4) is 0 Å². The summed E-state index contributed by atoms with van der Waals surface area (Å²) in [6, 6.07) is 5.25. The van der Waals surface area contributed by atoms with Gasteiger partial charge in [0.25, 0.3) is 5.91 Å². The lowest BCUT2D eigenvalue weighted by Crippen LogP contribution is -2.36. The lowest BCUT2D eigenvalue weighted by Gasteiger charge is -2.26. The Balaban J connectivity index is 1.37. The first-order valence-electron chi connectivity index (χ1n) is 11.1. The molecule has 0 spiro atoms. The number of anilines is 1. The summed E-state index contributed by atoms with van der Waals surface area (Å²) < 4.78 is 13.0. The largest absolute Gasteiger partial charge is 0.493 e. The molecule has 0 bridgehead atoms. The van der Waals surface area contributed by atoms with Crippen LogP contribution in [-0.2, 0) is 11.8 Å². The zero-order chi connectivity index (χ0) is 23.4. The molecule has 1 aromatic heterocycles. The molecule has 9 nitrogen and oxygen atoms in total. The van der Waals surface area contributed by atoms with Gasteiger partial charge in [0.1, 0.15) is 0 Å². The molecule has 0 aliphatic carbocycles. The second-order valence-electron chi connectivity index (χ2n) is 8.24. The van der Waals surface area contributed by atoms with Gasteiger partial charge in [-0.15, -0.1) is 0 Å². The molecule has 4 rings (SSSR count). The number of benzene rings is 1. The summed E-state index contributed by atoms with van der Waals surface area (Å²) in [4.78, 5) is 42.6. The van der Waals surface area contributed by atoms with Gasteiger partial charge in [-0.2, -0.15) is 0 Å². The molecular weight excluding hydrogens is 424 g/mol. The average Bonchev–Trinajstić information content (AvgIpc) is 3.40. The number of hydrogen-bond donors (Lipinski definition) is 1. The number of amides is 2. The van der Waals surface area contributed by atoms with Gasteiger partial charge in [-0.3, -0.25) is 19.4 Å². The number of fused-ring (bicyclic) bond motifs is 2. The lowest BCUT2D eigenvalue weighted by molar-refractivity contribution is -0.116. The lowest BCUT2D eigenvalue weighted by atomic mass is 10.1. The summed E-state index contributed by atoms with van der Waals surface area (Å²) in [7, 11) is 3.27. The maximum absolute atomic E-state index is 13.1. The van der Waals surface area contributed by atoms with E-state index in [-0.39, 0.29) is 24.3 Å². The van der Waals surface area contributed by atoms with Crippen molar-refractivity contribution in [1.29, 1.82) is 0 Å². The van der Waals surface area contributed by atoms with Crippen LogP contribution in [0.4, 0.5) is 11.4 Å². The molecule has 3 heterocycles. The van der Waals surface area contributed by atoms with Gasteiger partial charge in [0.05, 0.1) is 36.3 Å². The van der Waals surface area contributed by atoms with E-state index in [1.165, 1.54) is 7.11 Å². The van der Waals surface area contributed by atoms with Crippen LogP contribution in [-0.4, -0.2) is 60.1 Å². The van der Waals surface area contributed by atoms with E-state index in [4.69, 9.17) is 9.47 Å². The van der Waals surface area contributed by atoms with Crippen molar-refractivity contribution in [3.8, 4) is 11.5 Å². The molecule has 0 saturated carbocycles. The second-order valence-corrected chi connectivity index (χ2v) is 8.24. The number of aromatic nitrogens is 1. The fourth-order valence-corrected chi connectivity index (χ4v) is 4.28. The highest BCUT2D eigenvalue weighted by Gasteiger charge is 2.32. The molecule has 9 heteroatoms. The van der Waals surface area contributed by atoms with Crippen molar-refractivity contribution in [3.63, 3.8) is 0 Å². The SMILES string of the molecule is COc1cc2c(cc1OCCCC(=O)Nc1cc(C=O)n(C)c1)N=CCC1CCCN1C2=O. The number of aryl methyl sites for hydroxylation is 1. The van der Waals surface area contributed by atoms with Gasteiger partial charge in [-0.1, -0.05) is 0 Å². The first-order valence-corrected chi connectivity index (χ1v) is 11.1. The monoisotopic (exact) mass is 452 g/mol. The van der Waals surface area contributed by atoms with Crippen molar-refractivity contribution in [1.82, 2.24) is 9.47 Å². The van der Waals surface area contributed by atoms with Crippen LogP contribution in [0, 0.1) is 0 Å². The zero-order valence-corrected chi connectivity index (χ0v) is 18.9. The third kappa shape index (κ3) is 4.92. The van der Waals surface area contributed by atoms with Crippen LogP contribution in [0.5, 0.6) is 11.5 Å². The molecule has 1 atom stereocenters. The number of methoxy groups -OCH3 is 1. The third-order valence-electron chi connectivity index (χ3n) is 6.01. The van der Waals surface area contributed by atoms with E-state index in [1.807, 2.05) is 11.1 Å². The van der Waals surface area contributed by atoms with Crippen molar-refractivity contribution in [2.75, 3.05) is 25.6 Å². The molecule has 1 N–H and O–H groups in total. The molecule has 2 aliphatic heterocycles. The van der Waals surface area contributed by atoms with E-state index in [1.54, 1.807) is 36.0 Å². The minimum absolute atomic E-state index is 0.0236. The number of nitrogens with zero attached hydrogens (tertiary/aromatic N) is 3. The Labute approximate surface area is 192 Å². The Hall–Kier alpha value is -3.62. The normalized spacial score (nSPS) is 17.1. The van der Waals surface area contributed by atoms with Crippen molar-refractivity contribution in [2.45, 2.75) is 38.1 Å². The topological polar surface area (TPSA) is 102 Å². The van der Waals surface area contributed by atoms with Crippen molar-refractivity contribution >= 4 is 35.7 Å². The molecule has 1 fully saturated rings. The third-order valence-corrected chi connectivity index (χ3v) is 6.01. The second kappa shape index (κ2) is 9.89. The van der Waals surface area contributed by atoms with Crippen molar-refractivity contribution < 1.29 is 23.9 Å². The number of ether oxygens (including phenoxy) is 2. The Morgan fingerprint density at radius 1 is 1.30 bits per heavy atom. The predicted molar refractivity (Wildman–Crippen MR) is 124 cm³/mol. The van der Waals surface area contributed by atoms with Gasteiger partial charge >= 0.3 is 0 Å². The Bertz CT molecular complexity index is 1090. The van der Waals surface area contributed by atoms with Gasteiger partial charge in [0.2, 0.25) is 5.91 Å². The number of aldehydes is 1. The van der Waals surface area contributed by atoms with Crippen molar-refractivity contribution in [3.05, 3.63) is 35.7 Å². The molecule has 33 heavy (non-hydrogen) atoms. The average molecular weight is 453 g/mol.